The summed E-state index contributed by atoms with van der Waals surface area (Å²) in [6.45, 7) is 0. The van der Waals surface area contributed by atoms with E-state index >= 15 is 0 Å². The topological polar surface area (TPSA) is 54.5 Å². The van der Waals surface area contributed by atoms with E-state index < -0.39 is 0 Å². The van der Waals surface area contributed by atoms with Crippen molar-refractivity contribution >= 4 is 35.8 Å². The molecule has 1 N–H and O–H groups in total. The lowest BCUT2D eigenvalue weighted by molar-refractivity contribution is 1.10. The molecular formula is C9H5BN4S. The summed E-state index contributed by atoms with van der Waals surface area (Å²) in [5, 5.41) is 10.6. The zero-order valence-electron chi connectivity index (χ0n) is 7.64. The lowest BCUT2D eigenvalue weighted by Crippen LogP contribution is -2.00. The fourth-order valence-corrected chi connectivity index (χ4v) is 2.13. The zero-order chi connectivity index (χ0) is 10.3. The molecule has 15 heavy (non-hydrogen) atoms. The molecule has 0 unspecified atom stereocenters. The van der Waals surface area contributed by atoms with Crippen LogP contribution in [0.4, 0.5) is 0 Å². The van der Waals surface area contributed by atoms with Crippen LogP contribution in [0.1, 0.15) is 0 Å². The summed E-state index contributed by atoms with van der Waals surface area (Å²) >= 11 is 1.49. The number of hydrogen-bond donors (Lipinski definition) is 1. The van der Waals surface area contributed by atoms with E-state index in [2.05, 4.69) is 20.2 Å². The van der Waals surface area contributed by atoms with Gasteiger partial charge in [-0.05, 0) is 17.7 Å². The third-order valence-corrected chi connectivity index (χ3v) is 2.94. The second-order valence-electron chi connectivity index (χ2n) is 3.05. The van der Waals surface area contributed by atoms with Crippen molar-refractivity contribution in [2.45, 2.75) is 0 Å². The summed E-state index contributed by atoms with van der Waals surface area (Å²) in [5.41, 5.74) is 2.10. The first-order valence-corrected chi connectivity index (χ1v) is 5.23. The van der Waals surface area contributed by atoms with E-state index in [1.165, 1.54) is 11.3 Å². The minimum atomic E-state index is 0.529. The minimum Gasteiger partial charge on any atom is -0.273 e. The largest absolute Gasteiger partial charge is 0.273 e. The molecule has 0 aliphatic heterocycles. The molecule has 0 aromatic carbocycles. The maximum Gasteiger partial charge on any atom is 0.181 e. The third-order valence-electron chi connectivity index (χ3n) is 2.07. The van der Waals surface area contributed by atoms with Crippen molar-refractivity contribution in [1.29, 1.82) is 0 Å². The van der Waals surface area contributed by atoms with Crippen molar-refractivity contribution < 1.29 is 0 Å². The smallest absolute Gasteiger partial charge is 0.181 e. The van der Waals surface area contributed by atoms with Gasteiger partial charge in [0.1, 0.15) is 18.5 Å². The van der Waals surface area contributed by atoms with Gasteiger partial charge >= 0.3 is 0 Å². The van der Waals surface area contributed by atoms with Gasteiger partial charge in [-0.15, -0.1) is 11.3 Å². The number of hydrogen-bond acceptors (Lipinski definition) is 4. The van der Waals surface area contributed by atoms with Crippen LogP contribution in [0.2, 0.25) is 0 Å². The van der Waals surface area contributed by atoms with Crippen LogP contribution in [0.25, 0.3) is 21.7 Å². The second-order valence-corrected chi connectivity index (χ2v) is 3.91. The highest BCUT2D eigenvalue weighted by Crippen LogP contribution is 2.25. The maximum absolute atomic E-state index is 5.58. The fourth-order valence-electron chi connectivity index (χ4n) is 1.41. The molecule has 0 atom stereocenters. The molecule has 6 heteroatoms. The highest BCUT2D eigenvalue weighted by Gasteiger charge is 2.10. The molecule has 3 rings (SSSR count). The number of nitrogens with zero attached hydrogens (tertiary/aromatic N) is 3. The summed E-state index contributed by atoms with van der Waals surface area (Å²) in [4.78, 5) is 8.34. The third kappa shape index (κ3) is 1.34. The van der Waals surface area contributed by atoms with E-state index in [0.717, 1.165) is 16.1 Å². The van der Waals surface area contributed by atoms with Crippen LogP contribution in [-0.2, 0) is 0 Å². The number of pyridine rings is 1. The summed E-state index contributed by atoms with van der Waals surface area (Å²) in [6, 6.07) is 3.83. The lowest BCUT2D eigenvalue weighted by Gasteiger charge is -1.90. The van der Waals surface area contributed by atoms with E-state index in [1.54, 1.807) is 11.6 Å². The molecule has 0 saturated heterocycles. The molecule has 0 fully saturated rings. The van der Waals surface area contributed by atoms with E-state index in [9.17, 15) is 0 Å². The Labute approximate surface area is 90.8 Å². The summed E-state index contributed by atoms with van der Waals surface area (Å²) in [6.07, 6.45) is 1.71. The molecule has 2 radical (unpaired) electrons. The highest BCUT2D eigenvalue weighted by atomic mass is 32.1. The molecule has 0 aliphatic rings. The van der Waals surface area contributed by atoms with Gasteiger partial charge in [0.2, 0.25) is 0 Å². The molecule has 3 aromatic heterocycles. The predicted molar refractivity (Wildman–Crippen MR) is 60.4 cm³/mol. The molecule has 0 spiro atoms. The minimum absolute atomic E-state index is 0.529. The van der Waals surface area contributed by atoms with Crippen molar-refractivity contribution in [3.63, 3.8) is 0 Å². The van der Waals surface area contributed by atoms with Crippen LogP contribution in [0, 0.1) is 0 Å². The Bertz CT molecular complexity index is 615. The van der Waals surface area contributed by atoms with Gasteiger partial charge in [-0.1, -0.05) is 0 Å². The van der Waals surface area contributed by atoms with Gasteiger partial charge in [0.15, 0.2) is 5.65 Å². The van der Waals surface area contributed by atoms with Crippen molar-refractivity contribution in [3.8, 4) is 10.7 Å². The maximum atomic E-state index is 5.58. The van der Waals surface area contributed by atoms with Gasteiger partial charge in [0, 0.05) is 17.0 Å². The molecule has 3 heterocycles. The normalized spacial score (nSPS) is 10.9. The van der Waals surface area contributed by atoms with Gasteiger partial charge in [-0.25, -0.2) is 4.98 Å². The molecule has 0 saturated carbocycles. The van der Waals surface area contributed by atoms with Gasteiger partial charge in [-0.2, -0.15) is 5.10 Å². The second kappa shape index (κ2) is 3.17. The zero-order valence-corrected chi connectivity index (χ0v) is 8.45. The Morgan fingerprint density at radius 1 is 1.40 bits per heavy atom. The van der Waals surface area contributed by atoms with Crippen LogP contribution >= 0.6 is 11.3 Å². The Morgan fingerprint density at radius 2 is 2.33 bits per heavy atom. The van der Waals surface area contributed by atoms with Crippen molar-refractivity contribution in [2.75, 3.05) is 0 Å². The molecule has 0 amide bonds. The quantitative estimate of drug-likeness (QED) is 0.609. The first-order chi connectivity index (χ1) is 7.34. The predicted octanol–water partition coefficient (Wildman–Crippen LogP) is 0.875. The number of thiazole rings is 1. The number of rotatable bonds is 1. The first kappa shape index (κ1) is 8.61. The number of aromatic nitrogens is 4. The van der Waals surface area contributed by atoms with Crippen LogP contribution in [0.5, 0.6) is 0 Å². The van der Waals surface area contributed by atoms with Gasteiger partial charge < -0.3 is 0 Å². The van der Waals surface area contributed by atoms with Crippen LogP contribution < -0.4 is 5.59 Å². The Morgan fingerprint density at radius 3 is 3.13 bits per heavy atom. The average Bonchev–Trinajstić information content (AvgIpc) is 2.83. The number of H-pyrrole nitrogens is 1. The van der Waals surface area contributed by atoms with Gasteiger partial charge in [0.05, 0.1) is 0 Å². The van der Waals surface area contributed by atoms with Gasteiger partial charge in [0.25, 0.3) is 0 Å². The van der Waals surface area contributed by atoms with E-state index in [1.807, 2.05) is 12.1 Å². The molecular weight excluding hydrogens is 207 g/mol. The Balaban J connectivity index is 2.27. The monoisotopic (exact) mass is 212 g/mol. The summed E-state index contributed by atoms with van der Waals surface area (Å²) in [7, 11) is 5.58. The Kier molecular flexibility index (Phi) is 1.82. The number of nitrogens with one attached hydrogen (secondary N) is 1. The molecule has 3 aromatic rings. The molecule has 70 valence electrons. The van der Waals surface area contributed by atoms with Crippen molar-refractivity contribution in [1.82, 2.24) is 20.2 Å². The van der Waals surface area contributed by atoms with E-state index in [-0.39, 0.29) is 0 Å². The first-order valence-electron chi connectivity index (χ1n) is 4.35. The van der Waals surface area contributed by atoms with Crippen LogP contribution in [0.15, 0.2) is 23.7 Å². The number of fused-ring (bicyclic) bond motifs is 1. The number of aromatic amines is 1. The Hall–Kier alpha value is -1.69. The van der Waals surface area contributed by atoms with Crippen LogP contribution in [-0.4, -0.2) is 28.0 Å². The highest BCUT2D eigenvalue weighted by molar-refractivity contribution is 7.13. The van der Waals surface area contributed by atoms with Gasteiger partial charge in [-0.3, -0.25) is 10.1 Å². The van der Waals surface area contributed by atoms with E-state index in [0.29, 0.717) is 11.2 Å². The van der Waals surface area contributed by atoms with Crippen molar-refractivity contribution in [3.05, 3.63) is 23.7 Å². The fraction of sp³-hybridized carbons (Fsp3) is 0. The molecule has 0 bridgehead atoms. The summed E-state index contributed by atoms with van der Waals surface area (Å²) < 4.78 is 0. The van der Waals surface area contributed by atoms with Crippen LogP contribution in [0.3, 0.4) is 0 Å². The van der Waals surface area contributed by atoms with Crippen molar-refractivity contribution in [2.24, 2.45) is 0 Å². The lowest BCUT2D eigenvalue weighted by atomic mass is 10.1. The van der Waals surface area contributed by atoms with E-state index in [4.69, 9.17) is 7.85 Å². The SMILES string of the molecule is [B]c1csc(-c2[nH]nc3ncccc23)n1. The standard InChI is InChI=1S/C9H5BN4S/c10-6-4-15-9(12-6)7-5-2-1-3-11-8(5)14-13-7/h1-4H,(H,11,13,14). The molecule has 0 aliphatic carbocycles. The summed E-state index contributed by atoms with van der Waals surface area (Å²) in [5.74, 6) is 0. The molecule has 4 nitrogen and oxygen atoms in total. The average molecular weight is 212 g/mol.